The molecule has 0 radical (unpaired) electrons. The minimum absolute atomic E-state index is 0.194. The van der Waals surface area contributed by atoms with Gasteiger partial charge in [0.25, 0.3) is 11.8 Å². The van der Waals surface area contributed by atoms with Gasteiger partial charge in [0.05, 0.1) is 17.3 Å². The van der Waals surface area contributed by atoms with Crippen molar-refractivity contribution in [1.82, 2.24) is 30.3 Å². The normalized spacial score (nSPS) is 16.4. The molecule has 11 nitrogen and oxygen atoms in total. The Kier molecular flexibility index (Phi) is 11.8. The first-order valence-corrected chi connectivity index (χ1v) is 19.4. The molecule has 2 aromatic heterocycles. The standard InChI is InChI=1S/C43H51FN8O3/c1-4-39-36(40(49-34-12-15-55-16-13-34)37-24-48-52(5-2)41(37)50-39)23-47-43(54)32-18-27(3)17-31(21-32)42(53)46-22-28-9-10-38(44)35(20-28)30-8-6-7-29(19-30)25-51-14-11-33(45)26-51/h6-10,17-21,24,33-34H,4-5,11-16,22-23,25-26,45H2,1-3H3,(H,46,53)(H,47,54)(H,49,50)/t33-/m0/s1. The van der Waals surface area contributed by atoms with Crippen molar-refractivity contribution in [2.45, 2.75) is 84.7 Å². The molecule has 0 spiro atoms. The second-order valence-corrected chi connectivity index (χ2v) is 14.7. The maximum Gasteiger partial charge on any atom is 0.251 e. The van der Waals surface area contributed by atoms with Crippen LogP contribution < -0.4 is 21.7 Å². The predicted molar refractivity (Wildman–Crippen MR) is 213 cm³/mol. The van der Waals surface area contributed by atoms with Crippen LogP contribution in [0.1, 0.15) is 81.8 Å². The summed E-state index contributed by atoms with van der Waals surface area (Å²) in [6, 6.07) is 18.4. The minimum Gasteiger partial charge on any atom is -0.381 e. The Balaban J connectivity index is 1.04. The van der Waals surface area contributed by atoms with E-state index in [4.69, 9.17) is 15.5 Å². The van der Waals surface area contributed by atoms with Gasteiger partial charge in [-0.1, -0.05) is 31.2 Å². The Bertz CT molecular complexity index is 2180. The molecule has 0 bridgehead atoms. The van der Waals surface area contributed by atoms with Crippen molar-refractivity contribution >= 4 is 28.5 Å². The number of hydrogen-bond acceptors (Lipinski definition) is 8. The summed E-state index contributed by atoms with van der Waals surface area (Å²) in [5.41, 5.74) is 14.3. The Labute approximate surface area is 321 Å². The molecule has 5 N–H and O–H groups in total. The predicted octanol–water partition coefficient (Wildman–Crippen LogP) is 6.11. The van der Waals surface area contributed by atoms with E-state index >= 15 is 4.39 Å². The molecule has 0 unspecified atom stereocenters. The highest BCUT2D eigenvalue weighted by Crippen LogP contribution is 2.32. The van der Waals surface area contributed by atoms with E-state index in [2.05, 4.69) is 38.9 Å². The minimum atomic E-state index is -0.326. The average Bonchev–Trinajstić information content (AvgIpc) is 3.81. The summed E-state index contributed by atoms with van der Waals surface area (Å²) in [7, 11) is 0. The number of pyridine rings is 1. The highest BCUT2D eigenvalue weighted by atomic mass is 19.1. The number of halogens is 1. The van der Waals surface area contributed by atoms with Crippen LogP contribution in [0.3, 0.4) is 0 Å². The molecule has 3 aromatic carbocycles. The second kappa shape index (κ2) is 17.1. The van der Waals surface area contributed by atoms with Crippen LogP contribution in [-0.2, 0) is 37.3 Å². The topological polar surface area (TPSA) is 139 Å². The highest BCUT2D eigenvalue weighted by molar-refractivity contribution is 6.00. The first-order valence-electron chi connectivity index (χ1n) is 19.4. The highest BCUT2D eigenvalue weighted by Gasteiger charge is 2.23. The molecule has 12 heteroatoms. The number of nitrogens with two attached hydrogens (primary N) is 1. The fourth-order valence-electron chi connectivity index (χ4n) is 7.71. The molecule has 55 heavy (non-hydrogen) atoms. The Morgan fingerprint density at radius 1 is 0.945 bits per heavy atom. The van der Waals surface area contributed by atoms with E-state index in [9.17, 15) is 9.59 Å². The van der Waals surface area contributed by atoms with Crippen LogP contribution in [0, 0.1) is 12.7 Å². The number of aryl methyl sites for hydroxylation is 3. The molecule has 288 valence electrons. The van der Waals surface area contributed by atoms with Crippen molar-refractivity contribution in [2.75, 3.05) is 31.6 Å². The van der Waals surface area contributed by atoms with Crippen LogP contribution in [0.15, 0.2) is 66.9 Å². The van der Waals surface area contributed by atoms with Gasteiger partial charge in [0.1, 0.15) is 5.82 Å². The number of likely N-dealkylation sites (tertiary alicyclic amines) is 1. The zero-order valence-corrected chi connectivity index (χ0v) is 32.0. The van der Waals surface area contributed by atoms with E-state index in [1.807, 2.05) is 42.9 Å². The molecule has 2 aliphatic heterocycles. The number of hydrogen-bond donors (Lipinski definition) is 4. The monoisotopic (exact) mass is 746 g/mol. The van der Waals surface area contributed by atoms with Crippen LogP contribution in [-0.4, -0.2) is 69.9 Å². The number of benzene rings is 3. The van der Waals surface area contributed by atoms with Gasteiger partial charge in [-0.05, 0) is 98.2 Å². The summed E-state index contributed by atoms with van der Waals surface area (Å²) in [4.78, 5) is 34.5. The lowest BCUT2D eigenvalue weighted by Crippen LogP contribution is -2.30. The quantitative estimate of drug-likeness (QED) is 0.113. The summed E-state index contributed by atoms with van der Waals surface area (Å²) >= 11 is 0. The number of amides is 2. The molecule has 4 heterocycles. The van der Waals surface area contributed by atoms with E-state index < -0.39 is 0 Å². The SMILES string of the molecule is CCc1nc2c(cnn2CC)c(NC2CCOCC2)c1CNC(=O)c1cc(C)cc(C(=O)NCc2ccc(F)c(-c3cccc(CN4CC[C@H](N)C4)c3)c2)c1. The summed E-state index contributed by atoms with van der Waals surface area (Å²) in [6.07, 6.45) is 5.29. The van der Waals surface area contributed by atoms with Crippen molar-refractivity contribution in [3.63, 3.8) is 0 Å². The smallest absolute Gasteiger partial charge is 0.251 e. The molecular weight excluding hydrogens is 696 g/mol. The second-order valence-electron chi connectivity index (χ2n) is 14.7. The number of anilines is 1. The third-order valence-electron chi connectivity index (χ3n) is 10.6. The number of ether oxygens (including phenoxy) is 1. The molecule has 2 saturated heterocycles. The molecule has 2 fully saturated rings. The lowest BCUT2D eigenvalue weighted by molar-refractivity contribution is 0.0904. The van der Waals surface area contributed by atoms with E-state index in [1.165, 1.54) is 6.07 Å². The van der Waals surface area contributed by atoms with E-state index in [0.29, 0.717) is 42.9 Å². The summed E-state index contributed by atoms with van der Waals surface area (Å²) in [5.74, 6) is -0.943. The number of nitrogens with zero attached hydrogens (tertiary/aromatic N) is 4. The van der Waals surface area contributed by atoms with Gasteiger partial charge in [0.2, 0.25) is 0 Å². The number of carbonyl (C=O) groups is 2. The van der Waals surface area contributed by atoms with Gasteiger partial charge in [-0.3, -0.25) is 14.5 Å². The van der Waals surface area contributed by atoms with Gasteiger partial charge in [0.15, 0.2) is 5.65 Å². The molecule has 0 aliphatic carbocycles. The number of rotatable bonds is 13. The van der Waals surface area contributed by atoms with Crippen LogP contribution >= 0.6 is 0 Å². The first kappa shape index (κ1) is 38.1. The molecule has 1 atom stereocenters. The van der Waals surface area contributed by atoms with Gasteiger partial charge in [-0.2, -0.15) is 5.10 Å². The van der Waals surface area contributed by atoms with Crippen molar-refractivity contribution in [3.05, 3.63) is 112 Å². The fourth-order valence-corrected chi connectivity index (χ4v) is 7.71. The summed E-state index contributed by atoms with van der Waals surface area (Å²) in [5, 5.41) is 15.3. The van der Waals surface area contributed by atoms with Crippen LogP contribution in [0.2, 0.25) is 0 Å². The van der Waals surface area contributed by atoms with Crippen molar-refractivity contribution in [3.8, 4) is 11.1 Å². The third kappa shape index (κ3) is 8.88. The number of carbonyl (C=O) groups excluding carboxylic acids is 2. The lowest BCUT2D eigenvalue weighted by atomic mass is 10.00. The maximum absolute atomic E-state index is 15.1. The van der Waals surface area contributed by atoms with Crippen molar-refractivity contribution in [2.24, 2.45) is 5.73 Å². The maximum atomic E-state index is 15.1. The van der Waals surface area contributed by atoms with Crippen molar-refractivity contribution in [1.29, 1.82) is 0 Å². The van der Waals surface area contributed by atoms with Gasteiger partial charge in [-0.15, -0.1) is 0 Å². The summed E-state index contributed by atoms with van der Waals surface area (Å²) < 4.78 is 22.6. The number of nitrogens with one attached hydrogen (secondary N) is 3. The molecule has 0 saturated carbocycles. The van der Waals surface area contributed by atoms with Crippen LogP contribution in [0.25, 0.3) is 22.2 Å². The molecular formula is C43H51FN8O3. The Morgan fingerprint density at radius 3 is 2.42 bits per heavy atom. The van der Waals surface area contributed by atoms with Gasteiger partial charge >= 0.3 is 0 Å². The zero-order valence-electron chi connectivity index (χ0n) is 32.0. The Hall–Kier alpha value is -5.17. The number of fused-ring (bicyclic) bond motifs is 1. The average molecular weight is 747 g/mol. The van der Waals surface area contributed by atoms with Crippen molar-refractivity contribution < 1.29 is 18.7 Å². The third-order valence-corrected chi connectivity index (χ3v) is 10.6. The zero-order chi connectivity index (χ0) is 38.5. The molecule has 2 aliphatic rings. The first-order chi connectivity index (χ1) is 26.7. The van der Waals surface area contributed by atoms with E-state index in [0.717, 1.165) is 89.1 Å². The van der Waals surface area contributed by atoms with Crippen LogP contribution in [0.4, 0.5) is 10.1 Å². The fraction of sp³-hybridized carbons (Fsp3) is 0.395. The molecule has 2 amide bonds. The van der Waals surface area contributed by atoms with Crippen LogP contribution in [0.5, 0.6) is 0 Å². The van der Waals surface area contributed by atoms with Gasteiger partial charge < -0.3 is 26.4 Å². The molecule has 5 aromatic rings. The molecule has 7 rings (SSSR count). The Morgan fingerprint density at radius 2 is 1.71 bits per heavy atom. The van der Waals surface area contributed by atoms with Gasteiger partial charge in [-0.25, -0.2) is 14.1 Å². The van der Waals surface area contributed by atoms with Gasteiger partial charge in [0, 0.05) is 92.5 Å². The van der Waals surface area contributed by atoms with E-state index in [-0.39, 0.29) is 42.8 Å². The largest absolute Gasteiger partial charge is 0.381 e. The van der Waals surface area contributed by atoms with E-state index in [1.54, 1.807) is 30.3 Å². The number of aromatic nitrogens is 3. The summed E-state index contributed by atoms with van der Waals surface area (Å²) in [6.45, 7) is 11.1. The lowest BCUT2D eigenvalue weighted by Gasteiger charge is -2.26.